The van der Waals surface area contributed by atoms with Crippen molar-refractivity contribution in [2.45, 2.75) is 19.3 Å². The molecule has 0 aliphatic carbocycles. The molecule has 18 heavy (non-hydrogen) atoms. The molecule has 0 bridgehead atoms. The van der Waals surface area contributed by atoms with E-state index in [1.54, 1.807) is 12.1 Å². The summed E-state index contributed by atoms with van der Waals surface area (Å²) in [4.78, 5) is 22.0. The van der Waals surface area contributed by atoms with Crippen LogP contribution in [0.4, 0.5) is 0 Å². The molecule has 0 aromatic heterocycles. The van der Waals surface area contributed by atoms with Gasteiger partial charge in [0.2, 0.25) is 5.91 Å². The molecular formula is C11H12BNO5. The third-order valence-corrected chi connectivity index (χ3v) is 2.74. The summed E-state index contributed by atoms with van der Waals surface area (Å²) in [6.07, 6.45) is 0.331. The maximum absolute atomic E-state index is 11.0. The molecule has 0 spiro atoms. The fourth-order valence-electron chi connectivity index (χ4n) is 1.98. The van der Waals surface area contributed by atoms with E-state index in [0.29, 0.717) is 12.0 Å². The summed E-state index contributed by atoms with van der Waals surface area (Å²) in [6, 6.07) is 4.73. The first-order valence-electron chi connectivity index (χ1n) is 5.46. The van der Waals surface area contributed by atoms with Crippen LogP contribution in [-0.4, -0.2) is 35.1 Å². The van der Waals surface area contributed by atoms with E-state index in [1.165, 1.54) is 13.0 Å². The number of para-hydroxylation sites is 1. The number of carboxylic acids is 1. The maximum atomic E-state index is 11.0. The molecule has 7 heteroatoms. The maximum Gasteiger partial charge on any atom is 0.547 e. The van der Waals surface area contributed by atoms with Crippen molar-refractivity contribution in [1.29, 1.82) is 0 Å². The van der Waals surface area contributed by atoms with E-state index in [2.05, 4.69) is 5.32 Å². The first-order chi connectivity index (χ1) is 8.49. The lowest BCUT2D eigenvalue weighted by molar-refractivity contribution is -0.119. The average molecular weight is 249 g/mol. The van der Waals surface area contributed by atoms with Crippen LogP contribution in [0, 0.1) is 0 Å². The Hall–Kier alpha value is -2.02. The van der Waals surface area contributed by atoms with E-state index in [4.69, 9.17) is 9.76 Å². The highest BCUT2D eigenvalue weighted by atomic mass is 16.5. The summed E-state index contributed by atoms with van der Waals surface area (Å²) in [5, 5.41) is 21.3. The standard InChI is InChI=1S/C11H12BNO5/c1-6(14)13-9-5-7-3-2-4-8(11(15)16)10(7)18-12(9)17/h2-4,9,17H,5H2,1H3,(H,13,14)(H,15,16)/t9-/m0/s1. The Morgan fingerprint density at radius 1 is 1.50 bits per heavy atom. The molecule has 3 N–H and O–H groups in total. The van der Waals surface area contributed by atoms with Crippen molar-refractivity contribution in [1.82, 2.24) is 5.32 Å². The molecule has 1 aromatic rings. The zero-order chi connectivity index (χ0) is 13.3. The molecule has 0 saturated carbocycles. The number of hydrogen-bond acceptors (Lipinski definition) is 4. The van der Waals surface area contributed by atoms with Crippen LogP contribution in [0.15, 0.2) is 18.2 Å². The zero-order valence-corrected chi connectivity index (χ0v) is 9.71. The van der Waals surface area contributed by atoms with E-state index in [0.717, 1.165) is 0 Å². The number of aromatic carboxylic acids is 1. The molecule has 1 aromatic carbocycles. The predicted molar refractivity (Wildman–Crippen MR) is 63.3 cm³/mol. The van der Waals surface area contributed by atoms with E-state index < -0.39 is 19.0 Å². The second-order valence-electron chi connectivity index (χ2n) is 4.12. The number of fused-ring (bicyclic) bond motifs is 1. The quantitative estimate of drug-likeness (QED) is 0.633. The van der Waals surface area contributed by atoms with Gasteiger partial charge in [-0.2, -0.15) is 0 Å². The van der Waals surface area contributed by atoms with Crippen LogP contribution < -0.4 is 9.97 Å². The molecule has 1 aliphatic rings. The minimum absolute atomic E-state index is 0.00725. The summed E-state index contributed by atoms with van der Waals surface area (Å²) in [7, 11) is -1.25. The molecule has 1 atom stereocenters. The van der Waals surface area contributed by atoms with Gasteiger partial charge in [-0.15, -0.1) is 0 Å². The molecule has 1 aliphatic heterocycles. The fourth-order valence-corrected chi connectivity index (χ4v) is 1.98. The smallest absolute Gasteiger partial charge is 0.534 e. The molecule has 1 amide bonds. The summed E-state index contributed by atoms with van der Waals surface area (Å²) >= 11 is 0. The Bertz CT molecular complexity index is 504. The van der Waals surface area contributed by atoms with Gasteiger partial charge in [0.25, 0.3) is 0 Å². The van der Waals surface area contributed by atoms with Crippen molar-refractivity contribution in [2.75, 3.05) is 0 Å². The molecular weight excluding hydrogens is 237 g/mol. The predicted octanol–water partition coefficient (Wildman–Crippen LogP) is -0.156. The van der Waals surface area contributed by atoms with Gasteiger partial charge in [-0.25, -0.2) is 4.79 Å². The topological polar surface area (TPSA) is 95.9 Å². The number of carboxylic acid groups (broad SMARTS) is 1. The minimum atomic E-state index is -1.25. The second-order valence-corrected chi connectivity index (χ2v) is 4.12. The first-order valence-corrected chi connectivity index (χ1v) is 5.46. The number of nitrogens with one attached hydrogen (secondary N) is 1. The lowest BCUT2D eigenvalue weighted by Gasteiger charge is -2.28. The van der Waals surface area contributed by atoms with Crippen LogP contribution in [0.25, 0.3) is 0 Å². The SMILES string of the molecule is CC(=O)N[C@H]1Cc2cccc(C(=O)O)c2OB1O. The highest BCUT2D eigenvalue weighted by Crippen LogP contribution is 2.29. The average Bonchev–Trinajstić information content (AvgIpc) is 2.28. The lowest BCUT2D eigenvalue weighted by Crippen LogP contribution is -2.52. The van der Waals surface area contributed by atoms with Crippen LogP contribution in [0.3, 0.4) is 0 Å². The normalized spacial score (nSPS) is 17.7. The zero-order valence-electron chi connectivity index (χ0n) is 9.71. The molecule has 0 fully saturated rings. The highest BCUT2D eigenvalue weighted by Gasteiger charge is 2.37. The van der Waals surface area contributed by atoms with Crippen molar-refractivity contribution in [2.24, 2.45) is 0 Å². The van der Waals surface area contributed by atoms with Crippen molar-refractivity contribution in [3.8, 4) is 5.75 Å². The van der Waals surface area contributed by atoms with Gasteiger partial charge in [-0.05, 0) is 18.1 Å². The van der Waals surface area contributed by atoms with Gasteiger partial charge in [0, 0.05) is 6.92 Å². The van der Waals surface area contributed by atoms with Crippen molar-refractivity contribution >= 4 is 19.0 Å². The summed E-state index contributed by atoms with van der Waals surface area (Å²) in [5.74, 6) is -1.80. The van der Waals surface area contributed by atoms with Gasteiger partial charge in [-0.1, -0.05) is 12.1 Å². The van der Waals surface area contributed by atoms with Gasteiger partial charge < -0.3 is 20.1 Å². The highest BCUT2D eigenvalue weighted by molar-refractivity contribution is 6.47. The van der Waals surface area contributed by atoms with Crippen LogP contribution in [0.1, 0.15) is 22.8 Å². The molecule has 6 nitrogen and oxygen atoms in total. The van der Waals surface area contributed by atoms with Crippen molar-refractivity contribution in [3.63, 3.8) is 0 Å². The number of hydrogen-bond donors (Lipinski definition) is 3. The molecule has 0 radical (unpaired) electrons. The van der Waals surface area contributed by atoms with E-state index >= 15 is 0 Å². The first kappa shape index (κ1) is 12.4. The molecule has 1 heterocycles. The summed E-state index contributed by atoms with van der Waals surface area (Å²) in [6.45, 7) is 1.34. The van der Waals surface area contributed by atoms with Gasteiger partial charge >= 0.3 is 13.1 Å². The summed E-state index contributed by atoms with van der Waals surface area (Å²) in [5.41, 5.74) is 0.659. The minimum Gasteiger partial charge on any atom is -0.534 e. The van der Waals surface area contributed by atoms with E-state index in [-0.39, 0.29) is 17.2 Å². The Labute approximate surface area is 104 Å². The largest absolute Gasteiger partial charge is 0.547 e. The van der Waals surface area contributed by atoms with Crippen LogP contribution in [0.5, 0.6) is 5.75 Å². The molecule has 0 saturated heterocycles. The van der Waals surface area contributed by atoms with Crippen molar-refractivity contribution in [3.05, 3.63) is 29.3 Å². The number of benzene rings is 1. The Kier molecular flexibility index (Phi) is 3.25. The fraction of sp³-hybridized carbons (Fsp3) is 0.273. The van der Waals surface area contributed by atoms with Gasteiger partial charge in [0.05, 0.1) is 11.5 Å². The Morgan fingerprint density at radius 3 is 2.83 bits per heavy atom. The molecule has 2 rings (SSSR count). The van der Waals surface area contributed by atoms with Gasteiger partial charge in [0.1, 0.15) is 5.75 Å². The monoisotopic (exact) mass is 249 g/mol. The number of carbonyl (C=O) groups is 2. The Balaban J connectivity index is 2.33. The Morgan fingerprint density at radius 2 is 2.22 bits per heavy atom. The van der Waals surface area contributed by atoms with E-state index in [1.807, 2.05) is 0 Å². The van der Waals surface area contributed by atoms with Crippen LogP contribution in [-0.2, 0) is 11.2 Å². The number of amides is 1. The van der Waals surface area contributed by atoms with Crippen molar-refractivity contribution < 1.29 is 24.4 Å². The third kappa shape index (κ3) is 2.30. The second kappa shape index (κ2) is 4.69. The summed E-state index contributed by atoms with van der Waals surface area (Å²) < 4.78 is 5.20. The lowest BCUT2D eigenvalue weighted by atomic mass is 9.72. The number of carbonyl (C=O) groups excluding carboxylic acids is 1. The van der Waals surface area contributed by atoms with Crippen LogP contribution in [0.2, 0.25) is 0 Å². The van der Waals surface area contributed by atoms with Crippen LogP contribution >= 0.6 is 0 Å². The van der Waals surface area contributed by atoms with E-state index in [9.17, 15) is 14.6 Å². The van der Waals surface area contributed by atoms with Gasteiger partial charge in [-0.3, -0.25) is 4.79 Å². The molecule has 94 valence electrons. The molecule has 0 unspecified atom stereocenters. The van der Waals surface area contributed by atoms with Gasteiger partial charge in [0.15, 0.2) is 0 Å². The number of rotatable bonds is 2. The third-order valence-electron chi connectivity index (χ3n) is 2.74.